The van der Waals surface area contributed by atoms with Gasteiger partial charge < -0.3 is 9.47 Å². The normalized spacial score (nSPS) is 18.0. The molecule has 0 aliphatic carbocycles. The standard InChI is InChI=1S/C12H15ClO2/c1-9-2-10(5-12(13)3-9)4-11-6-14-8-15-7-11/h2-3,5,11H,4,6-8H2,1H3. The summed E-state index contributed by atoms with van der Waals surface area (Å²) in [4.78, 5) is 0. The third-order valence-corrected chi connectivity index (χ3v) is 2.72. The summed E-state index contributed by atoms with van der Waals surface area (Å²) in [5.74, 6) is 0.455. The summed E-state index contributed by atoms with van der Waals surface area (Å²) in [6, 6.07) is 6.16. The van der Waals surface area contributed by atoms with Gasteiger partial charge in [-0.3, -0.25) is 0 Å². The maximum Gasteiger partial charge on any atom is 0.146 e. The van der Waals surface area contributed by atoms with Gasteiger partial charge in [0, 0.05) is 10.9 Å². The Hall–Kier alpha value is -0.570. The fourth-order valence-corrected chi connectivity index (χ4v) is 2.23. The Balaban J connectivity index is 2.02. The van der Waals surface area contributed by atoms with Crippen molar-refractivity contribution in [3.05, 3.63) is 34.3 Å². The molecule has 1 aliphatic heterocycles. The Labute approximate surface area is 95.1 Å². The minimum Gasteiger partial charge on any atom is -0.355 e. The van der Waals surface area contributed by atoms with Gasteiger partial charge in [0.15, 0.2) is 0 Å². The lowest BCUT2D eigenvalue weighted by Gasteiger charge is -2.22. The summed E-state index contributed by atoms with van der Waals surface area (Å²) in [5, 5.41) is 0.808. The average Bonchev–Trinajstić information content (AvgIpc) is 2.17. The van der Waals surface area contributed by atoms with Gasteiger partial charge in [0.2, 0.25) is 0 Å². The summed E-state index contributed by atoms with van der Waals surface area (Å²) < 4.78 is 10.5. The van der Waals surface area contributed by atoms with Crippen molar-refractivity contribution in [2.75, 3.05) is 20.0 Å². The summed E-state index contributed by atoms with van der Waals surface area (Å²) in [6.45, 7) is 4.06. The lowest BCUT2D eigenvalue weighted by atomic mass is 9.99. The molecule has 0 atom stereocenters. The second-order valence-corrected chi connectivity index (χ2v) is 4.50. The number of halogens is 1. The molecule has 0 unspecified atom stereocenters. The highest BCUT2D eigenvalue weighted by Gasteiger charge is 2.15. The van der Waals surface area contributed by atoms with Crippen molar-refractivity contribution in [3.63, 3.8) is 0 Å². The zero-order valence-electron chi connectivity index (χ0n) is 8.83. The molecule has 1 heterocycles. The van der Waals surface area contributed by atoms with Crippen LogP contribution in [0.15, 0.2) is 18.2 Å². The van der Waals surface area contributed by atoms with Crippen LogP contribution in [0, 0.1) is 12.8 Å². The number of benzene rings is 1. The zero-order valence-corrected chi connectivity index (χ0v) is 9.59. The molecule has 82 valence electrons. The van der Waals surface area contributed by atoms with Crippen LogP contribution in [-0.2, 0) is 15.9 Å². The largest absolute Gasteiger partial charge is 0.355 e. The van der Waals surface area contributed by atoms with Gasteiger partial charge in [-0.15, -0.1) is 0 Å². The molecular formula is C12H15ClO2. The van der Waals surface area contributed by atoms with Crippen molar-refractivity contribution in [2.24, 2.45) is 5.92 Å². The van der Waals surface area contributed by atoms with Crippen LogP contribution in [0.25, 0.3) is 0 Å². The first-order valence-corrected chi connectivity index (χ1v) is 5.53. The van der Waals surface area contributed by atoms with Crippen LogP contribution < -0.4 is 0 Å². The molecule has 1 aliphatic rings. The van der Waals surface area contributed by atoms with E-state index >= 15 is 0 Å². The summed E-state index contributed by atoms with van der Waals surface area (Å²) in [6.07, 6.45) is 0.974. The second-order valence-electron chi connectivity index (χ2n) is 4.07. The van der Waals surface area contributed by atoms with Gasteiger partial charge in [0.05, 0.1) is 13.2 Å². The monoisotopic (exact) mass is 226 g/mol. The van der Waals surface area contributed by atoms with Crippen molar-refractivity contribution in [1.29, 1.82) is 0 Å². The van der Waals surface area contributed by atoms with E-state index in [0.717, 1.165) is 24.7 Å². The summed E-state index contributed by atoms with van der Waals surface area (Å²) in [7, 11) is 0. The molecular weight excluding hydrogens is 212 g/mol. The van der Waals surface area contributed by atoms with E-state index in [1.54, 1.807) is 0 Å². The molecule has 15 heavy (non-hydrogen) atoms. The van der Waals surface area contributed by atoms with Crippen molar-refractivity contribution >= 4 is 11.6 Å². The summed E-state index contributed by atoms with van der Waals surface area (Å²) >= 11 is 6.01. The second kappa shape index (κ2) is 4.97. The molecule has 0 spiro atoms. The summed E-state index contributed by atoms with van der Waals surface area (Å²) in [5.41, 5.74) is 2.47. The molecule has 2 nitrogen and oxygen atoms in total. The van der Waals surface area contributed by atoms with E-state index in [1.807, 2.05) is 12.1 Å². The minimum atomic E-state index is 0.436. The van der Waals surface area contributed by atoms with E-state index in [-0.39, 0.29) is 0 Å². The molecule has 1 saturated heterocycles. The maximum atomic E-state index is 6.01. The first-order valence-electron chi connectivity index (χ1n) is 5.15. The lowest BCUT2D eigenvalue weighted by molar-refractivity contribution is -0.125. The topological polar surface area (TPSA) is 18.5 Å². The molecule has 3 heteroatoms. The van der Waals surface area contributed by atoms with Crippen molar-refractivity contribution in [2.45, 2.75) is 13.3 Å². The van der Waals surface area contributed by atoms with Crippen molar-refractivity contribution < 1.29 is 9.47 Å². The molecule has 1 aromatic carbocycles. The quantitative estimate of drug-likeness (QED) is 0.772. The van der Waals surface area contributed by atoms with Gasteiger partial charge in [-0.05, 0) is 36.6 Å². The first kappa shape index (κ1) is 10.9. The van der Waals surface area contributed by atoms with Gasteiger partial charge in [-0.25, -0.2) is 0 Å². The fourth-order valence-electron chi connectivity index (χ4n) is 1.92. The molecule has 2 rings (SSSR count). The SMILES string of the molecule is Cc1cc(Cl)cc(CC2COCOC2)c1. The van der Waals surface area contributed by atoms with Crippen molar-refractivity contribution in [1.82, 2.24) is 0 Å². The van der Waals surface area contributed by atoms with Gasteiger partial charge >= 0.3 is 0 Å². The molecule has 0 aromatic heterocycles. The molecule has 0 saturated carbocycles. The Morgan fingerprint density at radius 1 is 1.27 bits per heavy atom. The number of aryl methyl sites for hydroxylation is 1. The highest BCUT2D eigenvalue weighted by atomic mass is 35.5. The van der Waals surface area contributed by atoms with Crippen LogP contribution in [-0.4, -0.2) is 20.0 Å². The van der Waals surface area contributed by atoms with Crippen LogP contribution in [0.2, 0.25) is 5.02 Å². The zero-order chi connectivity index (χ0) is 10.7. The maximum absolute atomic E-state index is 6.01. The van der Waals surface area contributed by atoms with E-state index in [9.17, 15) is 0 Å². The Morgan fingerprint density at radius 2 is 2.00 bits per heavy atom. The van der Waals surface area contributed by atoms with E-state index < -0.39 is 0 Å². The van der Waals surface area contributed by atoms with Gasteiger partial charge in [0.25, 0.3) is 0 Å². The van der Waals surface area contributed by atoms with E-state index in [0.29, 0.717) is 12.7 Å². The van der Waals surface area contributed by atoms with Crippen LogP contribution >= 0.6 is 11.6 Å². The molecule has 0 amide bonds. The van der Waals surface area contributed by atoms with Crippen LogP contribution in [0.4, 0.5) is 0 Å². The number of rotatable bonds is 2. The van der Waals surface area contributed by atoms with Crippen molar-refractivity contribution in [3.8, 4) is 0 Å². The van der Waals surface area contributed by atoms with Crippen LogP contribution in [0.3, 0.4) is 0 Å². The lowest BCUT2D eigenvalue weighted by Crippen LogP contribution is -2.25. The number of hydrogen-bond acceptors (Lipinski definition) is 2. The third-order valence-electron chi connectivity index (χ3n) is 2.50. The minimum absolute atomic E-state index is 0.436. The van der Waals surface area contributed by atoms with Crippen LogP contribution in [0.1, 0.15) is 11.1 Å². The van der Waals surface area contributed by atoms with Gasteiger partial charge in [0.1, 0.15) is 6.79 Å². The molecule has 1 fully saturated rings. The van der Waals surface area contributed by atoms with Gasteiger partial charge in [-0.2, -0.15) is 0 Å². The van der Waals surface area contributed by atoms with Crippen LogP contribution in [0.5, 0.6) is 0 Å². The van der Waals surface area contributed by atoms with Gasteiger partial charge in [-0.1, -0.05) is 17.7 Å². The predicted molar refractivity (Wildman–Crippen MR) is 60.2 cm³/mol. The Kier molecular flexibility index (Phi) is 3.62. The smallest absolute Gasteiger partial charge is 0.146 e. The molecule has 0 N–H and O–H groups in total. The average molecular weight is 227 g/mol. The highest BCUT2D eigenvalue weighted by molar-refractivity contribution is 6.30. The fraction of sp³-hybridized carbons (Fsp3) is 0.500. The highest BCUT2D eigenvalue weighted by Crippen LogP contribution is 2.19. The van der Waals surface area contributed by atoms with E-state index in [2.05, 4.69) is 13.0 Å². The predicted octanol–water partition coefficient (Wildman–Crippen LogP) is 2.81. The number of ether oxygens (including phenoxy) is 2. The molecule has 1 aromatic rings. The van der Waals surface area contributed by atoms with E-state index in [1.165, 1.54) is 11.1 Å². The van der Waals surface area contributed by atoms with E-state index in [4.69, 9.17) is 21.1 Å². The third kappa shape index (κ3) is 3.20. The first-order chi connectivity index (χ1) is 7.24. The Bertz CT molecular complexity index is 312. The molecule has 0 radical (unpaired) electrons. The number of hydrogen-bond donors (Lipinski definition) is 0. The molecule has 0 bridgehead atoms. The Morgan fingerprint density at radius 3 is 2.67 bits per heavy atom.